The zero-order valence-corrected chi connectivity index (χ0v) is 44.0. The van der Waals surface area contributed by atoms with Crippen LogP contribution in [0.5, 0.6) is 0 Å². The second-order valence-electron chi connectivity index (χ2n) is 20.3. The summed E-state index contributed by atoms with van der Waals surface area (Å²) in [7, 11) is 0. The lowest BCUT2D eigenvalue weighted by Crippen LogP contribution is -2.04. The Labute approximate surface area is 467 Å². The lowest BCUT2D eigenvalue weighted by atomic mass is 9.91. The van der Waals surface area contributed by atoms with Crippen LogP contribution < -0.4 is 0 Å². The summed E-state index contributed by atoms with van der Waals surface area (Å²) in [6, 6.07) is 90.3. The molecular formula is C75H49N5O. The molecule has 81 heavy (non-hydrogen) atoms. The SMILES string of the molecule is C=C/C=C\C=C\n1c2ccccc2c2c3oc4c(ccc5c4c4ccccc4n5-c4c(-c5ccc(-c6ccccc6)cc5)cc(-c5nc(-c6ccccc6)nc(-c6ccccc6)n5)cc4-c4ccc(-c5ccccc5)cc4)c3ccc21. The smallest absolute Gasteiger partial charge is 0.164 e. The Morgan fingerprint density at radius 2 is 0.728 bits per heavy atom. The topological polar surface area (TPSA) is 61.7 Å². The van der Waals surface area contributed by atoms with Crippen molar-refractivity contribution in [3.8, 4) is 84.4 Å². The van der Waals surface area contributed by atoms with E-state index in [-0.39, 0.29) is 0 Å². The second kappa shape index (κ2) is 19.8. The van der Waals surface area contributed by atoms with Crippen LogP contribution in [0.15, 0.2) is 290 Å². The van der Waals surface area contributed by atoms with Gasteiger partial charge in [-0.2, -0.15) is 0 Å². The van der Waals surface area contributed by atoms with Crippen LogP contribution in [-0.4, -0.2) is 24.1 Å². The molecule has 380 valence electrons. The zero-order valence-electron chi connectivity index (χ0n) is 44.0. The van der Waals surface area contributed by atoms with E-state index in [1.165, 1.54) is 0 Å². The first-order valence-electron chi connectivity index (χ1n) is 27.3. The standard InChI is InChI=1S/C75H49N5O/c1-2-3-4-21-46-79-64-32-19-17-30-60(64)68-66(79)44-42-58-59-43-45-67-69(72(59)81-71(58)68)61-31-18-20-33-65(61)80(67)70-62(53-38-34-51(35-39-53)49-22-9-5-10-23-49)47-57(48-63(70)54-40-36-52(37-41-54)50-24-11-6-12-25-50)75-77-73(55-26-13-7-14-27-55)76-74(78-75)56-28-15-8-16-29-56/h2-48H,1H2/b4-3-,46-21+. The van der Waals surface area contributed by atoms with Crippen LogP contribution >= 0.6 is 0 Å². The first-order valence-corrected chi connectivity index (χ1v) is 27.3. The van der Waals surface area contributed by atoms with Gasteiger partial charge in [-0.15, -0.1) is 0 Å². The minimum Gasteiger partial charge on any atom is -0.455 e. The number of benzene rings is 11. The molecule has 0 N–H and O–H groups in total. The van der Waals surface area contributed by atoms with Crippen molar-refractivity contribution >= 4 is 71.8 Å². The van der Waals surface area contributed by atoms with Gasteiger partial charge in [0.25, 0.3) is 0 Å². The van der Waals surface area contributed by atoms with Crippen LogP contribution in [-0.2, 0) is 0 Å². The number of nitrogens with zero attached hydrogens (tertiary/aromatic N) is 5. The number of rotatable bonds is 11. The average molecular weight is 1040 g/mol. The largest absolute Gasteiger partial charge is 0.455 e. The maximum atomic E-state index is 7.41. The van der Waals surface area contributed by atoms with Crippen LogP contribution in [0.2, 0.25) is 0 Å². The van der Waals surface area contributed by atoms with Gasteiger partial charge in [0.05, 0.1) is 38.5 Å². The highest BCUT2D eigenvalue weighted by molar-refractivity contribution is 6.29. The average Bonchev–Trinajstić information content (AvgIpc) is 3.46. The van der Waals surface area contributed by atoms with Gasteiger partial charge in [-0.1, -0.05) is 231 Å². The number of hydrogen-bond acceptors (Lipinski definition) is 4. The molecule has 11 aromatic carbocycles. The number of aromatic nitrogens is 5. The molecule has 15 rings (SSSR count). The van der Waals surface area contributed by atoms with Gasteiger partial charge < -0.3 is 13.6 Å². The highest BCUT2D eigenvalue weighted by Gasteiger charge is 2.26. The van der Waals surface area contributed by atoms with E-state index < -0.39 is 0 Å². The normalized spacial score (nSPS) is 11.9. The summed E-state index contributed by atoms with van der Waals surface area (Å²) in [5.74, 6) is 1.77. The summed E-state index contributed by atoms with van der Waals surface area (Å²) in [6.45, 7) is 3.86. The molecule has 6 nitrogen and oxygen atoms in total. The van der Waals surface area contributed by atoms with Crippen molar-refractivity contribution in [3.05, 3.63) is 286 Å². The quantitative estimate of drug-likeness (QED) is 0.121. The van der Waals surface area contributed by atoms with E-state index >= 15 is 0 Å². The van der Waals surface area contributed by atoms with Crippen molar-refractivity contribution < 1.29 is 4.42 Å². The Morgan fingerprint density at radius 1 is 0.321 bits per heavy atom. The molecule has 0 unspecified atom stereocenters. The van der Waals surface area contributed by atoms with E-state index in [9.17, 15) is 0 Å². The van der Waals surface area contributed by atoms with Gasteiger partial charge in [0, 0.05) is 55.6 Å². The lowest BCUT2D eigenvalue weighted by molar-refractivity contribution is 0.677. The van der Waals surface area contributed by atoms with Crippen LogP contribution in [0, 0.1) is 0 Å². The lowest BCUT2D eigenvalue weighted by Gasteiger charge is -2.21. The fourth-order valence-corrected chi connectivity index (χ4v) is 11.8. The van der Waals surface area contributed by atoms with Crippen molar-refractivity contribution in [3.63, 3.8) is 0 Å². The molecule has 0 spiro atoms. The minimum absolute atomic E-state index is 0.571. The number of fused-ring (bicyclic) bond motifs is 11. The molecule has 0 aliphatic carbocycles. The predicted molar refractivity (Wildman–Crippen MR) is 337 cm³/mol. The van der Waals surface area contributed by atoms with Crippen molar-refractivity contribution in [2.45, 2.75) is 0 Å². The molecule has 0 atom stereocenters. The summed E-state index contributed by atoms with van der Waals surface area (Å²) in [4.78, 5) is 15.8. The summed E-state index contributed by atoms with van der Waals surface area (Å²) < 4.78 is 12.1. The molecule has 0 saturated carbocycles. The number of para-hydroxylation sites is 2. The Bertz CT molecular complexity index is 4790. The Hall–Kier alpha value is -11.0. The molecule has 0 bridgehead atoms. The monoisotopic (exact) mass is 1040 g/mol. The Morgan fingerprint density at radius 3 is 1.25 bits per heavy atom. The van der Waals surface area contributed by atoms with E-state index in [4.69, 9.17) is 19.4 Å². The fraction of sp³-hybridized carbons (Fsp3) is 0. The van der Waals surface area contributed by atoms with Gasteiger partial charge >= 0.3 is 0 Å². The van der Waals surface area contributed by atoms with E-state index in [0.29, 0.717) is 17.5 Å². The van der Waals surface area contributed by atoms with Gasteiger partial charge in [-0.3, -0.25) is 0 Å². The third-order valence-electron chi connectivity index (χ3n) is 15.6. The molecule has 4 aromatic heterocycles. The van der Waals surface area contributed by atoms with Crippen LogP contribution in [0.25, 0.3) is 156 Å². The van der Waals surface area contributed by atoms with Crippen LogP contribution in [0.3, 0.4) is 0 Å². The van der Waals surface area contributed by atoms with E-state index in [2.05, 4.69) is 240 Å². The van der Waals surface area contributed by atoms with Crippen molar-refractivity contribution in [1.29, 1.82) is 0 Å². The van der Waals surface area contributed by atoms with Gasteiger partial charge in [-0.05, 0) is 88.0 Å². The minimum atomic E-state index is 0.571. The first-order chi connectivity index (χ1) is 40.1. The van der Waals surface area contributed by atoms with Gasteiger partial charge in [0.15, 0.2) is 17.5 Å². The third kappa shape index (κ3) is 8.16. The summed E-state index contributed by atoms with van der Waals surface area (Å²) in [5, 5.41) is 6.47. The molecule has 15 aromatic rings. The second-order valence-corrected chi connectivity index (χ2v) is 20.3. The molecule has 0 radical (unpaired) electrons. The maximum absolute atomic E-state index is 7.41. The molecule has 0 aliphatic rings. The van der Waals surface area contributed by atoms with Gasteiger partial charge in [0.2, 0.25) is 0 Å². The number of furan rings is 1. The molecule has 6 heteroatoms. The molecule has 0 fully saturated rings. The molecule has 0 aliphatic heterocycles. The number of allylic oxidation sites excluding steroid dienone is 4. The maximum Gasteiger partial charge on any atom is 0.164 e. The van der Waals surface area contributed by atoms with Gasteiger partial charge in [-0.25, -0.2) is 15.0 Å². The fourth-order valence-electron chi connectivity index (χ4n) is 11.8. The molecule has 0 saturated heterocycles. The van der Waals surface area contributed by atoms with Crippen LogP contribution in [0.4, 0.5) is 0 Å². The molecule has 4 heterocycles. The van der Waals surface area contributed by atoms with Gasteiger partial charge in [0.1, 0.15) is 11.2 Å². The highest BCUT2D eigenvalue weighted by Crippen LogP contribution is 2.48. The van der Waals surface area contributed by atoms with E-state index in [0.717, 1.165) is 132 Å². The summed E-state index contributed by atoms with van der Waals surface area (Å²) in [5.41, 5.74) is 18.3. The Kier molecular flexibility index (Phi) is 11.6. The van der Waals surface area contributed by atoms with Crippen molar-refractivity contribution in [2.75, 3.05) is 0 Å². The molecular weight excluding hydrogens is 987 g/mol. The van der Waals surface area contributed by atoms with Crippen molar-refractivity contribution in [2.24, 2.45) is 0 Å². The van der Waals surface area contributed by atoms with Crippen LogP contribution in [0.1, 0.15) is 0 Å². The highest BCUT2D eigenvalue weighted by atomic mass is 16.3. The third-order valence-corrected chi connectivity index (χ3v) is 15.6. The first kappa shape index (κ1) is 47.3. The predicted octanol–water partition coefficient (Wildman–Crippen LogP) is 19.9. The van der Waals surface area contributed by atoms with Crippen molar-refractivity contribution in [1.82, 2.24) is 24.1 Å². The Balaban J connectivity index is 1.04. The summed E-state index contributed by atoms with van der Waals surface area (Å²) >= 11 is 0. The van der Waals surface area contributed by atoms with E-state index in [1.54, 1.807) is 6.08 Å². The zero-order chi connectivity index (χ0) is 53.8. The van der Waals surface area contributed by atoms with E-state index in [1.807, 2.05) is 54.6 Å². The molecule has 0 amide bonds. The number of hydrogen-bond donors (Lipinski definition) is 0. The summed E-state index contributed by atoms with van der Waals surface area (Å²) in [6.07, 6.45) is 9.88.